The van der Waals surface area contributed by atoms with Crippen LogP contribution in [0.5, 0.6) is 11.5 Å². The number of unbranched alkanes of at least 4 members (excludes halogenated alkanes) is 4. The highest BCUT2D eigenvalue weighted by Gasteiger charge is 2.49. The summed E-state index contributed by atoms with van der Waals surface area (Å²) in [5.41, 5.74) is 13.8. The van der Waals surface area contributed by atoms with Crippen molar-refractivity contribution in [2.75, 3.05) is 78.5 Å². The summed E-state index contributed by atoms with van der Waals surface area (Å²) in [6.45, 7) is 6.60. The molecule has 13 atom stereocenters. The van der Waals surface area contributed by atoms with E-state index in [1.54, 1.807) is 105 Å². The maximum absolute atomic E-state index is 14.4. The molecule has 9 rings (SSSR count). The minimum Gasteiger partial charge on any atom is -0.497 e. The number of rotatable bonds is 45. The molecule has 15 N–H and O–H groups in total. The second kappa shape index (κ2) is 47.5. The molecular formula is C84H118N20O20. The molecule has 0 saturated carbocycles. The number of esters is 1. The number of aliphatic hydroxyl groups excluding tert-OH is 4. The van der Waals surface area contributed by atoms with Crippen LogP contribution in [0.1, 0.15) is 147 Å². The van der Waals surface area contributed by atoms with Gasteiger partial charge in [0, 0.05) is 66.3 Å². The van der Waals surface area contributed by atoms with Gasteiger partial charge in [0.05, 0.1) is 65.1 Å². The maximum Gasteiger partial charge on any atom is 0.408 e. The van der Waals surface area contributed by atoms with Crippen LogP contribution in [-0.4, -0.2) is 259 Å². The lowest BCUT2D eigenvalue weighted by atomic mass is 9.98. The summed E-state index contributed by atoms with van der Waals surface area (Å²) in [6, 6.07) is 15.8. The van der Waals surface area contributed by atoms with Gasteiger partial charge in [-0.05, 0) is 114 Å². The zero-order chi connectivity index (χ0) is 90.3. The molecule has 7 amide bonds. The van der Waals surface area contributed by atoms with Gasteiger partial charge in [-0.1, -0.05) is 80.3 Å². The number of Topliss-reactive ketones (excluding diaryl/α,β-unsaturated/α-hetero) is 2. The summed E-state index contributed by atoms with van der Waals surface area (Å²) in [5.74, 6) is -3.43. The predicted molar refractivity (Wildman–Crippen MR) is 454 cm³/mol. The fraction of sp³-hybridized carbons (Fsp3) is 0.536. The first-order valence-corrected chi connectivity index (χ1v) is 41.1. The molecule has 124 heavy (non-hydrogen) atoms. The van der Waals surface area contributed by atoms with Crippen LogP contribution >= 0.6 is 0 Å². The standard InChI is InChI=1S/C45H68N12O11.C39H50N8O9/c1-26(59)12-9-8-10-14-30(53-33(60)22-49-40(63)28(13-11-19-48-44(46)47)21-34(61)68-45(2,3)4)41(64)54-31(20-27-15-17-29(66-7)18-16-27)42(65)55-35-32(23-58)67-43(37(35)62)57-25-52-36-38(56(5)6)50-24-51-39(36)57;1-24(49)11-7-5-10-14-28(44-39(53)55-21-26-12-8-6-9-13-26)36(51)43-29(19-25-15-17-27(54-4)18-16-25)37(52)45-31-30(20-48)56-38(33(31)50)47-23-42-32-34(46(2)3)40-22-41-35(32)47/h15-18,24-25,28,30-32,35,37,43,58,62H,8-14,19-23H2,1-7H3,(H,49,63)(H,53,60)(H,54,64)(H,55,65)(H4,46,47,48);6,8-9,12-13,15-18,22-23,28-31,33,38,48,50H,5,7,10-11,14,19-21H2,1-4H3,(H,43,51)(H,44,53)(H,45,52)/t28?,30?,31?,32-,35?,37+,43-;28?,29?,30-,31?,33+,38-/m11/s1. The van der Waals surface area contributed by atoms with Gasteiger partial charge in [-0.3, -0.25) is 47.7 Å². The number of aliphatic hydroxyl groups is 4. The molecule has 7 aromatic rings. The summed E-state index contributed by atoms with van der Waals surface area (Å²) in [4.78, 5) is 166. The number of nitrogens with zero attached hydrogens (tertiary/aromatic N) is 11. The fourth-order valence-corrected chi connectivity index (χ4v) is 14.1. The molecule has 4 aromatic heterocycles. The quantitative estimate of drug-likeness (QED) is 0.0112. The number of hydrogen-bond donors (Lipinski definition) is 13. The van der Waals surface area contributed by atoms with Gasteiger partial charge in [-0.15, -0.1) is 0 Å². The van der Waals surface area contributed by atoms with E-state index in [1.807, 2.05) is 32.3 Å². The minimum absolute atomic E-state index is 0.00952. The van der Waals surface area contributed by atoms with Crippen molar-refractivity contribution < 1.29 is 96.8 Å². The molecule has 2 saturated heterocycles. The van der Waals surface area contributed by atoms with Crippen LogP contribution in [0, 0.1) is 5.92 Å². The van der Waals surface area contributed by atoms with Crippen LogP contribution in [-0.2, 0) is 81.5 Å². The molecule has 0 bridgehead atoms. The molecule has 2 fully saturated rings. The molecular weight excluding hydrogens is 1610 g/mol. The van der Waals surface area contributed by atoms with E-state index in [4.69, 9.17) is 39.9 Å². The molecule has 674 valence electrons. The number of alkyl carbamates (subject to hydrolysis) is 1. The summed E-state index contributed by atoms with van der Waals surface area (Å²) < 4.78 is 36.5. The molecule has 0 radical (unpaired) electrons. The van der Waals surface area contributed by atoms with Crippen LogP contribution in [0.2, 0.25) is 0 Å². The fourth-order valence-electron chi connectivity index (χ4n) is 14.1. The third-order valence-electron chi connectivity index (χ3n) is 20.4. The van der Waals surface area contributed by atoms with Crippen LogP contribution in [0.4, 0.5) is 16.4 Å². The van der Waals surface area contributed by atoms with Gasteiger partial charge in [-0.25, -0.2) is 34.7 Å². The van der Waals surface area contributed by atoms with Crippen LogP contribution in [0.25, 0.3) is 22.3 Å². The van der Waals surface area contributed by atoms with E-state index in [1.165, 1.54) is 62.5 Å². The number of ketones is 2. The third-order valence-corrected chi connectivity index (χ3v) is 20.4. The number of aromatic nitrogens is 8. The molecule has 0 aliphatic carbocycles. The third kappa shape index (κ3) is 29.0. The monoisotopic (exact) mass is 1730 g/mol. The molecule has 3 aromatic carbocycles. The van der Waals surface area contributed by atoms with Crippen molar-refractivity contribution >= 4 is 99.0 Å². The van der Waals surface area contributed by atoms with Gasteiger partial charge in [0.15, 0.2) is 52.4 Å². The van der Waals surface area contributed by atoms with Gasteiger partial charge in [-0.2, -0.15) is 0 Å². The summed E-state index contributed by atoms with van der Waals surface area (Å²) in [6.07, 6.45) is 2.22. The molecule has 0 spiro atoms. The van der Waals surface area contributed by atoms with E-state index in [-0.39, 0.29) is 69.2 Å². The van der Waals surface area contributed by atoms with Crippen LogP contribution in [0.3, 0.4) is 0 Å². The average molecular weight is 1730 g/mol. The Labute approximate surface area is 718 Å². The number of hydrogen-bond acceptors (Lipinski definition) is 29. The first kappa shape index (κ1) is 97.3. The zero-order valence-electron chi connectivity index (χ0n) is 71.9. The van der Waals surface area contributed by atoms with Crippen molar-refractivity contribution in [2.45, 2.75) is 216 Å². The topological polar surface area (TPSA) is 549 Å². The van der Waals surface area contributed by atoms with Crippen molar-refractivity contribution in [1.29, 1.82) is 0 Å². The summed E-state index contributed by atoms with van der Waals surface area (Å²) in [5, 5.41) is 63.0. The molecule has 2 aliphatic heterocycles. The maximum atomic E-state index is 14.4. The number of imidazole rings is 2. The molecule has 7 unspecified atom stereocenters. The SMILES string of the molecule is COc1ccc(CC(NC(=O)C(CCCCCC(C)=O)NC(=O)CNC(=O)C(CCCN=C(N)N)CC(=O)OC(C)(C)C)C(=O)NC2[C@@H](CO)O[C@@H](n3cnc4c(N(C)C)ncnc43)[C@H]2O)cc1.COc1ccc(CC(NC(=O)C(CCCCCC(C)=O)NC(=O)OCc2ccccc2)C(=O)NC2[C@@H](CO)O[C@@H](n3cnc4c(N(C)C)ncnc43)[C@H]2O)cc1. The number of amides is 7. The Bertz CT molecular complexity index is 4720. The van der Waals surface area contributed by atoms with Crippen LogP contribution in [0.15, 0.2) is 109 Å². The Morgan fingerprint density at radius 1 is 0.548 bits per heavy atom. The van der Waals surface area contributed by atoms with Crippen molar-refractivity contribution in [3.05, 3.63) is 121 Å². The molecule has 40 heteroatoms. The van der Waals surface area contributed by atoms with Crippen molar-refractivity contribution in [3.8, 4) is 11.5 Å². The lowest BCUT2D eigenvalue weighted by Gasteiger charge is -2.27. The van der Waals surface area contributed by atoms with E-state index >= 15 is 0 Å². The number of carbonyl (C=O) groups is 10. The Morgan fingerprint density at radius 2 is 1.01 bits per heavy atom. The largest absolute Gasteiger partial charge is 0.497 e. The van der Waals surface area contributed by atoms with Gasteiger partial charge >= 0.3 is 12.1 Å². The number of aliphatic imine (C=N–C) groups is 1. The zero-order valence-corrected chi connectivity index (χ0v) is 71.9. The average Bonchev–Trinajstić information content (AvgIpc) is 1.62. The number of carbonyl (C=O) groups excluding carboxylic acids is 10. The van der Waals surface area contributed by atoms with E-state index in [2.05, 4.69) is 72.1 Å². The normalized spacial score (nSPS) is 18.4. The first-order valence-electron chi connectivity index (χ1n) is 41.1. The lowest BCUT2D eigenvalue weighted by Crippen LogP contribution is -2.58. The van der Waals surface area contributed by atoms with E-state index in [0.717, 1.165) is 5.56 Å². The first-order chi connectivity index (χ1) is 59.2. The van der Waals surface area contributed by atoms with Gasteiger partial charge in [0.1, 0.15) is 96.5 Å². The number of ether oxygens (including phenoxy) is 6. The number of nitrogens with one attached hydrogen (secondary N) is 7. The predicted octanol–water partition coefficient (Wildman–Crippen LogP) is 2.10. The van der Waals surface area contributed by atoms with Gasteiger partial charge < -0.3 is 117 Å². The highest BCUT2D eigenvalue weighted by Crippen LogP contribution is 2.35. The number of fused-ring (bicyclic) bond motifs is 2. The van der Waals surface area contributed by atoms with E-state index in [0.29, 0.717) is 114 Å². The lowest BCUT2D eigenvalue weighted by molar-refractivity contribution is -0.157. The number of nitrogens with two attached hydrogens (primary N) is 2. The minimum atomic E-state index is -1.43. The number of methoxy groups -OCH3 is 2. The Morgan fingerprint density at radius 3 is 1.43 bits per heavy atom. The number of benzene rings is 3. The second-order valence-corrected chi connectivity index (χ2v) is 31.7. The van der Waals surface area contributed by atoms with Crippen molar-refractivity contribution in [2.24, 2.45) is 22.4 Å². The van der Waals surface area contributed by atoms with Gasteiger partial charge in [0.2, 0.25) is 35.4 Å². The Balaban J connectivity index is 0.000000313. The smallest absolute Gasteiger partial charge is 0.408 e. The highest BCUT2D eigenvalue weighted by molar-refractivity contribution is 5.95. The molecule has 2 aliphatic rings. The highest BCUT2D eigenvalue weighted by atomic mass is 16.6. The second-order valence-electron chi connectivity index (χ2n) is 31.7. The molecule has 6 heterocycles. The summed E-state index contributed by atoms with van der Waals surface area (Å²) in [7, 11) is 10.2. The molecule has 40 nitrogen and oxygen atoms in total. The van der Waals surface area contributed by atoms with E-state index < -0.39 is 152 Å². The summed E-state index contributed by atoms with van der Waals surface area (Å²) >= 11 is 0. The number of guanidine groups is 1. The van der Waals surface area contributed by atoms with Gasteiger partial charge in [0.25, 0.3) is 0 Å². The number of anilines is 2. The Kier molecular flexibility index (Phi) is 37.3. The van der Waals surface area contributed by atoms with Crippen LogP contribution < -0.4 is 68.0 Å². The Hall–Kier alpha value is -12.1. The van der Waals surface area contributed by atoms with Crippen molar-refractivity contribution in [1.82, 2.24) is 76.3 Å². The van der Waals surface area contributed by atoms with Crippen molar-refractivity contribution in [3.63, 3.8) is 0 Å². The van der Waals surface area contributed by atoms with E-state index in [9.17, 15) is 68.4 Å².